The lowest BCUT2D eigenvalue weighted by molar-refractivity contribution is 0.637. The zero-order valence-electron chi connectivity index (χ0n) is 11.9. The van der Waals surface area contributed by atoms with E-state index in [-0.39, 0.29) is 0 Å². The lowest BCUT2D eigenvalue weighted by Gasteiger charge is -2.39. The van der Waals surface area contributed by atoms with E-state index in [1.54, 1.807) is 0 Å². The molecular weight excluding hydrogens is 254 g/mol. The minimum Gasteiger partial charge on any atom is -0.368 e. The van der Waals surface area contributed by atoms with Crippen molar-refractivity contribution in [3.05, 3.63) is 24.0 Å². The van der Waals surface area contributed by atoms with Crippen molar-refractivity contribution in [2.45, 2.75) is 44.0 Å². The molecule has 19 heavy (non-hydrogen) atoms. The predicted molar refractivity (Wildman–Crippen MR) is 82.8 cm³/mol. The van der Waals surface area contributed by atoms with E-state index in [0.29, 0.717) is 4.75 Å². The summed E-state index contributed by atoms with van der Waals surface area (Å²) in [6.45, 7) is 7.90. The number of nitrogens with zero attached hydrogens (tertiary/aromatic N) is 2. The molecule has 3 rings (SSSR count). The van der Waals surface area contributed by atoms with Crippen molar-refractivity contribution < 1.29 is 0 Å². The van der Waals surface area contributed by atoms with Crippen molar-refractivity contribution in [1.82, 2.24) is 10.3 Å². The SMILES string of the molecule is CC1(C)CN(c2cnccc2CNC2CC2)CCS1. The van der Waals surface area contributed by atoms with Crippen LogP contribution in [0.1, 0.15) is 32.3 Å². The average Bonchev–Trinajstić information content (AvgIpc) is 3.19. The molecule has 1 aliphatic carbocycles. The van der Waals surface area contributed by atoms with Crippen LogP contribution in [0.25, 0.3) is 0 Å². The molecule has 104 valence electrons. The molecule has 0 unspecified atom stereocenters. The van der Waals surface area contributed by atoms with Gasteiger partial charge in [0.2, 0.25) is 0 Å². The molecule has 1 aromatic heterocycles. The largest absolute Gasteiger partial charge is 0.368 e. The molecule has 1 aromatic rings. The van der Waals surface area contributed by atoms with Gasteiger partial charge in [0.15, 0.2) is 0 Å². The molecule has 2 heterocycles. The number of hydrogen-bond acceptors (Lipinski definition) is 4. The summed E-state index contributed by atoms with van der Waals surface area (Å²) in [5, 5.41) is 3.61. The number of hydrogen-bond donors (Lipinski definition) is 1. The molecule has 1 aliphatic heterocycles. The third kappa shape index (κ3) is 3.42. The Hall–Kier alpha value is -0.740. The van der Waals surface area contributed by atoms with Crippen molar-refractivity contribution >= 4 is 17.4 Å². The Kier molecular flexibility index (Phi) is 3.72. The van der Waals surface area contributed by atoms with Gasteiger partial charge in [-0.2, -0.15) is 11.8 Å². The van der Waals surface area contributed by atoms with E-state index in [4.69, 9.17) is 0 Å². The summed E-state index contributed by atoms with van der Waals surface area (Å²) in [6, 6.07) is 2.92. The van der Waals surface area contributed by atoms with E-state index in [0.717, 1.165) is 25.7 Å². The van der Waals surface area contributed by atoms with Gasteiger partial charge >= 0.3 is 0 Å². The molecule has 3 nitrogen and oxygen atoms in total. The second-order valence-corrected chi connectivity index (χ2v) is 7.99. The maximum atomic E-state index is 4.33. The minimum absolute atomic E-state index is 0.343. The van der Waals surface area contributed by atoms with Gasteiger partial charge in [0.1, 0.15) is 0 Å². The van der Waals surface area contributed by atoms with Crippen molar-refractivity contribution in [3.8, 4) is 0 Å². The molecule has 4 heteroatoms. The lowest BCUT2D eigenvalue weighted by atomic mass is 10.1. The summed E-state index contributed by atoms with van der Waals surface area (Å²) in [5.41, 5.74) is 2.72. The fraction of sp³-hybridized carbons (Fsp3) is 0.667. The summed E-state index contributed by atoms with van der Waals surface area (Å²) in [4.78, 5) is 6.84. The maximum Gasteiger partial charge on any atom is 0.0599 e. The van der Waals surface area contributed by atoms with Crippen LogP contribution in [0.3, 0.4) is 0 Å². The first-order chi connectivity index (χ1) is 9.14. The molecule has 0 spiro atoms. The highest BCUT2D eigenvalue weighted by Crippen LogP contribution is 2.33. The highest BCUT2D eigenvalue weighted by Gasteiger charge is 2.28. The highest BCUT2D eigenvalue weighted by molar-refractivity contribution is 8.00. The first-order valence-corrected chi connectivity index (χ1v) is 8.18. The van der Waals surface area contributed by atoms with Crippen LogP contribution >= 0.6 is 11.8 Å². The number of pyridine rings is 1. The minimum atomic E-state index is 0.343. The van der Waals surface area contributed by atoms with E-state index < -0.39 is 0 Å². The molecule has 1 N–H and O–H groups in total. The molecule has 1 saturated heterocycles. The summed E-state index contributed by atoms with van der Waals surface area (Å²) in [6.07, 6.45) is 6.63. The molecule has 0 atom stereocenters. The number of anilines is 1. The molecule has 1 saturated carbocycles. The van der Waals surface area contributed by atoms with Gasteiger partial charge in [-0.15, -0.1) is 0 Å². The van der Waals surface area contributed by atoms with Crippen LogP contribution < -0.4 is 10.2 Å². The van der Waals surface area contributed by atoms with Gasteiger partial charge in [-0.1, -0.05) is 0 Å². The van der Waals surface area contributed by atoms with Crippen LogP contribution in [0.4, 0.5) is 5.69 Å². The van der Waals surface area contributed by atoms with Gasteiger partial charge in [-0.05, 0) is 38.3 Å². The molecule has 0 bridgehead atoms. The van der Waals surface area contributed by atoms with Gasteiger partial charge in [-0.25, -0.2) is 0 Å². The van der Waals surface area contributed by atoms with E-state index in [9.17, 15) is 0 Å². The van der Waals surface area contributed by atoms with Crippen molar-refractivity contribution in [2.75, 3.05) is 23.7 Å². The molecule has 0 aromatic carbocycles. The van der Waals surface area contributed by atoms with Crippen LogP contribution in [0.15, 0.2) is 18.5 Å². The summed E-state index contributed by atoms with van der Waals surface area (Å²) < 4.78 is 0.343. The zero-order chi connectivity index (χ0) is 13.3. The number of nitrogens with one attached hydrogen (secondary N) is 1. The van der Waals surface area contributed by atoms with Crippen molar-refractivity contribution in [1.29, 1.82) is 0 Å². The van der Waals surface area contributed by atoms with Crippen LogP contribution in [0, 0.1) is 0 Å². The summed E-state index contributed by atoms with van der Waals surface area (Å²) in [5.74, 6) is 1.21. The average molecular weight is 277 g/mol. The quantitative estimate of drug-likeness (QED) is 0.916. The summed E-state index contributed by atoms with van der Waals surface area (Å²) >= 11 is 2.08. The van der Waals surface area contributed by atoms with Crippen molar-refractivity contribution in [2.24, 2.45) is 0 Å². The maximum absolute atomic E-state index is 4.33. The Morgan fingerprint density at radius 3 is 3.05 bits per heavy atom. The smallest absolute Gasteiger partial charge is 0.0599 e. The summed E-state index contributed by atoms with van der Waals surface area (Å²) in [7, 11) is 0. The lowest BCUT2D eigenvalue weighted by Crippen LogP contribution is -2.43. The van der Waals surface area contributed by atoms with Gasteiger partial charge in [0.05, 0.1) is 11.9 Å². The number of rotatable bonds is 4. The monoisotopic (exact) mass is 277 g/mol. The highest BCUT2D eigenvalue weighted by atomic mass is 32.2. The first kappa shape index (κ1) is 13.3. The standard InChI is InChI=1S/C15H23N3S/c1-15(2)11-18(7-8-19-15)14-10-16-6-5-12(14)9-17-13-3-4-13/h5-6,10,13,17H,3-4,7-9,11H2,1-2H3. The van der Waals surface area contributed by atoms with Crippen LogP contribution in [-0.4, -0.2) is 34.6 Å². The first-order valence-electron chi connectivity index (χ1n) is 7.19. The molecule has 2 aliphatic rings. The Bertz CT molecular complexity index is 443. The molecule has 0 amide bonds. The van der Waals surface area contributed by atoms with Crippen molar-refractivity contribution in [3.63, 3.8) is 0 Å². The van der Waals surface area contributed by atoms with Crippen LogP contribution in [0.5, 0.6) is 0 Å². The predicted octanol–water partition coefficient (Wildman–Crippen LogP) is 2.67. The third-order valence-electron chi connectivity index (χ3n) is 3.81. The fourth-order valence-corrected chi connectivity index (χ4v) is 3.72. The second-order valence-electron chi connectivity index (χ2n) is 6.19. The number of thioether (sulfide) groups is 1. The van der Waals surface area contributed by atoms with E-state index in [1.165, 1.54) is 29.8 Å². The fourth-order valence-electron chi connectivity index (χ4n) is 2.61. The molecular formula is C15H23N3S. The number of aromatic nitrogens is 1. The topological polar surface area (TPSA) is 28.2 Å². The van der Waals surface area contributed by atoms with Gasteiger partial charge in [0.25, 0.3) is 0 Å². The third-order valence-corrected chi connectivity index (χ3v) is 5.11. The normalized spacial score (nSPS) is 22.5. The van der Waals surface area contributed by atoms with Gasteiger partial charge < -0.3 is 10.2 Å². The molecule has 2 fully saturated rings. The van der Waals surface area contributed by atoms with E-state index in [2.05, 4.69) is 46.9 Å². The van der Waals surface area contributed by atoms with Crippen LogP contribution in [-0.2, 0) is 6.54 Å². The van der Waals surface area contributed by atoms with Gasteiger partial charge in [0, 0.05) is 42.4 Å². The molecule has 0 radical (unpaired) electrons. The van der Waals surface area contributed by atoms with Crippen LogP contribution in [0.2, 0.25) is 0 Å². The van der Waals surface area contributed by atoms with E-state index in [1.807, 2.05) is 12.4 Å². The Labute approximate surface area is 120 Å². The Morgan fingerprint density at radius 2 is 2.32 bits per heavy atom. The van der Waals surface area contributed by atoms with Gasteiger partial charge in [-0.3, -0.25) is 4.98 Å². The Morgan fingerprint density at radius 1 is 1.47 bits per heavy atom. The van der Waals surface area contributed by atoms with E-state index >= 15 is 0 Å². The second kappa shape index (κ2) is 5.33. The Balaban J connectivity index is 1.74. The zero-order valence-corrected chi connectivity index (χ0v) is 12.7.